The Morgan fingerprint density at radius 2 is 2.09 bits per heavy atom. The number of ether oxygens (including phenoxy) is 4. The zero-order valence-electron chi connectivity index (χ0n) is 13.2. The van der Waals surface area contributed by atoms with Crippen molar-refractivity contribution in [3.8, 4) is 11.5 Å². The maximum absolute atomic E-state index is 13.2. The van der Waals surface area contributed by atoms with Gasteiger partial charge in [-0.15, -0.1) is 0 Å². The molecule has 0 N–H and O–H groups in total. The molecular formula is C17H21NO5. The van der Waals surface area contributed by atoms with Crippen LogP contribution in [-0.4, -0.2) is 62.5 Å². The van der Waals surface area contributed by atoms with Gasteiger partial charge in [-0.1, -0.05) is 6.07 Å². The van der Waals surface area contributed by atoms with Crippen molar-refractivity contribution in [2.45, 2.75) is 31.1 Å². The summed E-state index contributed by atoms with van der Waals surface area (Å²) in [6, 6.07) is 5.52. The molecule has 2 fully saturated rings. The summed E-state index contributed by atoms with van der Waals surface area (Å²) in [5, 5.41) is 0. The number of rotatable bonds is 2. The predicted molar refractivity (Wildman–Crippen MR) is 82.0 cm³/mol. The Hall–Kier alpha value is -1.79. The van der Waals surface area contributed by atoms with Crippen LogP contribution in [0.2, 0.25) is 0 Å². The fourth-order valence-corrected chi connectivity index (χ4v) is 3.85. The average Bonchev–Trinajstić information content (AvgIpc) is 2.89. The molecule has 2 bridgehead atoms. The van der Waals surface area contributed by atoms with E-state index in [1.165, 1.54) is 0 Å². The van der Waals surface area contributed by atoms with E-state index in [1.54, 1.807) is 13.2 Å². The van der Waals surface area contributed by atoms with Gasteiger partial charge in [-0.05, 0) is 25.0 Å². The monoisotopic (exact) mass is 319 g/mol. The smallest absolute Gasteiger partial charge is 0.258 e. The summed E-state index contributed by atoms with van der Waals surface area (Å²) < 4.78 is 22.7. The molecule has 0 aromatic heterocycles. The lowest BCUT2D eigenvalue weighted by Crippen LogP contribution is -2.46. The average molecular weight is 319 g/mol. The second-order valence-electron chi connectivity index (χ2n) is 6.08. The number of benzene rings is 1. The van der Waals surface area contributed by atoms with Gasteiger partial charge in [0.1, 0.15) is 19.3 Å². The van der Waals surface area contributed by atoms with Crippen LogP contribution >= 0.6 is 0 Å². The largest absolute Gasteiger partial charge is 0.486 e. The van der Waals surface area contributed by atoms with Crippen LogP contribution < -0.4 is 9.47 Å². The molecule has 3 aliphatic rings. The highest BCUT2D eigenvalue weighted by Crippen LogP contribution is 2.37. The van der Waals surface area contributed by atoms with Crippen LogP contribution in [0.1, 0.15) is 23.2 Å². The van der Waals surface area contributed by atoms with Gasteiger partial charge in [0.2, 0.25) is 0 Å². The van der Waals surface area contributed by atoms with Gasteiger partial charge >= 0.3 is 0 Å². The number of amides is 1. The molecule has 3 atom stereocenters. The molecule has 124 valence electrons. The predicted octanol–water partition coefficient (Wildman–Crippen LogP) is 1.48. The van der Waals surface area contributed by atoms with Crippen LogP contribution in [0.5, 0.6) is 11.5 Å². The minimum Gasteiger partial charge on any atom is -0.486 e. The number of methoxy groups -OCH3 is 1. The van der Waals surface area contributed by atoms with E-state index in [2.05, 4.69) is 0 Å². The van der Waals surface area contributed by atoms with Crippen LogP contribution in [0.15, 0.2) is 18.2 Å². The van der Waals surface area contributed by atoms with E-state index in [0.29, 0.717) is 43.4 Å². The van der Waals surface area contributed by atoms with E-state index < -0.39 is 0 Å². The van der Waals surface area contributed by atoms with Crippen molar-refractivity contribution in [1.82, 2.24) is 4.90 Å². The highest BCUT2D eigenvalue weighted by Gasteiger charge is 2.44. The SMILES string of the molecule is CO[C@H]1[C@H]2CC[C@H]1OCCN2C(=O)c1cccc2c1OCCO2. The lowest BCUT2D eigenvalue weighted by Gasteiger charge is -2.31. The standard InChI is InChI=1S/C17H21NO5/c1-20-16-12-5-6-14(16)21-8-7-18(12)17(19)11-3-2-4-13-15(11)23-10-9-22-13/h2-4,12,14,16H,5-10H2,1H3/t12-,14-,16+/m1/s1. The van der Waals surface area contributed by atoms with E-state index in [0.717, 1.165) is 12.8 Å². The summed E-state index contributed by atoms with van der Waals surface area (Å²) in [7, 11) is 1.69. The Kier molecular flexibility index (Phi) is 3.87. The number of hydrogen-bond acceptors (Lipinski definition) is 5. The molecule has 2 heterocycles. The Balaban J connectivity index is 1.66. The van der Waals surface area contributed by atoms with Crippen molar-refractivity contribution < 1.29 is 23.7 Å². The summed E-state index contributed by atoms with van der Waals surface area (Å²) in [6.07, 6.45) is 1.87. The molecule has 1 saturated carbocycles. The van der Waals surface area contributed by atoms with Gasteiger partial charge in [0.15, 0.2) is 11.5 Å². The summed E-state index contributed by atoms with van der Waals surface area (Å²) >= 11 is 0. The normalized spacial score (nSPS) is 29.3. The minimum absolute atomic E-state index is 0.0365. The van der Waals surface area contributed by atoms with E-state index >= 15 is 0 Å². The maximum Gasteiger partial charge on any atom is 0.258 e. The van der Waals surface area contributed by atoms with Crippen molar-refractivity contribution in [2.75, 3.05) is 33.5 Å². The number of para-hydroxylation sites is 1. The third kappa shape index (κ3) is 2.46. The Morgan fingerprint density at radius 3 is 2.96 bits per heavy atom. The molecule has 2 aliphatic heterocycles. The van der Waals surface area contributed by atoms with Gasteiger partial charge in [-0.2, -0.15) is 0 Å². The number of carbonyl (C=O) groups excluding carboxylic acids is 1. The van der Waals surface area contributed by atoms with Crippen LogP contribution in [0.4, 0.5) is 0 Å². The van der Waals surface area contributed by atoms with Gasteiger partial charge in [0.05, 0.1) is 24.3 Å². The molecule has 0 radical (unpaired) electrons. The zero-order chi connectivity index (χ0) is 15.8. The van der Waals surface area contributed by atoms with Gasteiger partial charge in [0, 0.05) is 13.7 Å². The lowest BCUT2D eigenvalue weighted by molar-refractivity contribution is -0.0316. The van der Waals surface area contributed by atoms with Crippen molar-refractivity contribution in [3.63, 3.8) is 0 Å². The molecule has 23 heavy (non-hydrogen) atoms. The number of fused-ring (bicyclic) bond motifs is 3. The number of hydrogen-bond donors (Lipinski definition) is 0. The molecule has 1 amide bonds. The van der Waals surface area contributed by atoms with Crippen molar-refractivity contribution in [1.29, 1.82) is 0 Å². The molecule has 1 saturated heterocycles. The summed E-state index contributed by atoms with van der Waals surface area (Å²) in [5.74, 6) is 1.16. The highest BCUT2D eigenvalue weighted by atomic mass is 16.6. The van der Waals surface area contributed by atoms with Crippen LogP contribution in [-0.2, 0) is 9.47 Å². The molecule has 6 heteroatoms. The molecule has 1 aromatic rings. The molecule has 0 spiro atoms. The summed E-state index contributed by atoms with van der Waals surface area (Å²) in [6.45, 7) is 2.09. The number of nitrogens with zero attached hydrogens (tertiary/aromatic N) is 1. The van der Waals surface area contributed by atoms with Crippen LogP contribution in [0.3, 0.4) is 0 Å². The summed E-state index contributed by atoms with van der Waals surface area (Å²) in [5.41, 5.74) is 0.558. The Morgan fingerprint density at radius 1 is 1.22 bits per heavy atom. The minimum atomic E-state index is -0.0573. The molecule has 1 aromatic carbocycles. The van der Waals surface area contributed by atoms with E-state index in [1.807, 2.05) is 17.0 Å². The summed E-state index contributed by atoms with van der Waals surface area (Å²) in [4.78, 5) is 15.0. The fraction of sp³-hybridized carbons (Fsp3) is 0.588. The quantitative estimate of drug-likeness (QED) is 0.826. The first-order chi connectivity index (χ1) is 11.3. The molecule has 4 rings (SSSR count). The third-order valence-corrected chi connectivity index (χ3v) is 4.89. The first-order valence-corrected chi connectivity index (χ1v) is 8.13. The Labute approximate surface area is 135 Å². The first kappa shape index (κ1) is 14.8. The van der Waals surface area contributed by atoms with Crippen molar-refractivity contribution in [3.05, 3.63) is 23.8 Å². The highest BCUT2D eigenvalue weighted by molar-refractivity contribution is 5.98. The molecule has 0 unspecified atom stereocenters. The molecular weight excluding hydrogens is 298 g/mol. The van der Waals surface area contributed by atoms with Gasteiger partial charge < -0.3 is 23.8 Å². The van der Waals surface area contributed by atoms with Crippen LogP contribution in [0.25, 0.3) is 0 Å². The van der Waals surface area contributed by atoms with Gasteiger partial charge in [0.25, 0.3) is 5.91 Å². The first-order valence-electron chi connectivity index (χ1n) is 8.13. The molecule has 1 aliphatic carbocycles. The van der Waals surface area contributed by atoms with E-state index in [4.69, 9.17) is 18.9 Å². The van der Waals surface area contributed by atoms with Crippen LogP contribution in [0, 0.1) is 0 Å². The zero-order valence-corrected chi connectivity index (χ0v) is 13.2. The second-order valence-corrected chi connectivity index (χ2v) is 6.08. The third-order valence-electron chi connectivity index (χ3n) is 4.89. The Bertz CT molecular complexity index is 605. The maximum atomic E-state index is 13.2. The van der Waals surface area contributed by atoms with Crippen molar-refractivity contribution >= 4 is 5.91 Å². The fourth-order valence-electron chi connectivity index (χ4n) is 3.85. The van der Waals surface area contributed by atoms with Crippen molar-refractivity contribution in [2.24, 2.45) is 0 Å². The van der Waals surface area contributed by atoms with E-state index in [9.17, 15) is 4.79 Å². The molecule has 6 nitrogen and oxygen atoms in total. The topological polar surface area (TPSA) is 57.2 Å². The van der Waals surface area contributed by atoms with E-state index in [-0.39, 0.29) is 24.2 Å². The number of carbonyl (C=O) groups is 1. The lowest BCUT2D eigenvalue weighted by atomic mass is 10.1. The second kappa shape index (κ2) is 6.02. The van der Waals surface area contributed by atoms with Gasteiger partial charge in [-0.25, -0.2) is 0 Å². The van der Waals surface area contributed by atoms with Gasteiger partial charge in [-0.3, -0.25) is 4.79 Å².